The summed E-state index contributed by atoms with van der Waals surface area (Å²) in [4.78, 5) is 0.834. The lowest BCUT2D eigenvalue weighted by atomic mass is 10.2. The highest BCUT2D eigenvalue weighted by atomic mass is 32.2. The number of hydrogen-bond donors (Lipinski definition) is 1. The van der Waals surface area contributed by atoms with E-state index in [0.717, 1.165) is 16.7 Å². The number of rotatable bonds is 5. The first kappa shape index (κ1) is 14.7. The number of nitrogens with two attached hydrogens (primary N) is 1. The average molecular weight is 295 g/mol. The van der Waals surface area contributed by atoms with Crippen molar-refractivity contribution in [3.63, 3.8) is 0 Å². The number of hydrogen-bond acceptors (Lipinski definition) is 3. The molecule has 106 valence electrons. The fourth-order valence-corrected chi connectivity index (χ4v) is 2.67. The van der Waals surface area contributed by atoms with Crippen LogP contribution in [-0.2, 0) is 5.75 Å². The van der Waals surface area contributed by atoms with Gasteiger partial charge in [-0.25, -0.2) is 8.78 Å². The second kappa shape index (κ2) is 6.61. The summed E-state index contributed by atoms with van der Waals surface area (Å²) in [6.45, 7) is 2.47. The molecule has 0 saturated heterocycles. The van der Waals surface area contributed by atoms with Crippen LogP contribution in [0.15, 0.2) is 41.3 Å². The number of ether oxygens (including phenoxy) is 1. The SMILES string of the molecule is CCOc1ccc(N)c(SCc2cc(F)cc(F)c2)c1. The van der Waals surface area contributed by atoms with Gasteiger partial charge in [-0.1, -0.05) is 0 Å². The van der Waals surface area contributed by atoms with Crippen LogP contribution in [0.2, 0.25) is 0 Å². The molecule has 0 aliphatic rings. The van der Waals surface area contributed by atoms with Gasteiger partial charge < -0.3 is 10.5 Å². The van der Waals surface area contributed by atoms with Crippen molar-refractivity contribution in [3.8, 4) is 5.75 Å². The Morgan fingerprint density at radius 2 is 1.80 bits per heavy atom. The molecule has 0 unspecified atom stereocenters. The van der Waals surface area contributed by atoms with Crippen molar-refractivity contribution in [2.75, 3.05) is 12.3 Å². The van der Waals surface area contributed by atoms with Crippen molar-refractivity contribution in [2.45, 2.75) is 17.6 Å². The highest BCUT2D eigenvalue weighted by Crippen LogP contribution is 2.31. The molecule has 0 amide bonds. The summed E-state index contributed by atoms with van der Waals surface area (Å²) in [6, 6.07) is 8.89. The fourth-order valence-electron chi connectivity index (χ4n) is 1.75. The molecule has 0 atom stereocenters. The zero-order chi connectivity index (χ0) is 14.5. The monoisotopic (exact) mass is 295 g/mol. The first-order valence-corrected chi connectivity index (χ1v) is 7.17. The van der Waals surface area contributed by atoms with Crippen molar-refractivity contribution in [1.29, 1.82) is 0 Å². The third-order valence-electron chi connectivity index (χ3n) is 2.61. The van der Waals surface area contributed by atoms with E-state index >= 15 is 0 Å². The fraction of sp³-hybridized carbons (Fsp3) is 0.200. The van der Waals surface area contributed by atoms with Crippen LogP contribution < -0.4 is 10.5 Å². The molecule has 2 aromatic carbocycles. The van der Waals surface area contributed by atoms with E-state index in [4.69, 9.17) is 10.5 Å². The zero-order valence-electron chi connectivity index (χ0n) is 11.0. The zero-order valence-corrected chi connectivity index (χ0v) is 11.8. The lowest BCUT2D eigenvalue weighted by Gasteiger charge is -2.09. The smallest absolute Gasteiger partial charge is 0.126 e. The molecule has 2 N–H and O–H groups in total. The molecule has 0 aliphatic heterocycles. The Kier molecular flexibility index (Phi) is 4.84. The van der Waals surface area contributed by atoms with E-state index < -0.39 is 11.6 Å². The Bertz CT molecular complexity index is 584. The van der Waals surface area contributed by atoms with E-state index in [-0.39, 0.29) is 0 Å². The molecule has 0 spiro atoms. The molecule has 0 bridgehead atoms. The van der Waals surface area contributed by atoms with Crippen molar-refractivity contribution in [3.05, 3.63) is 53.6 Å². The Morgan fingerprint density at radius 1 is 1.10 bits per heavy atom. The molecule has 0 fully saturated rings. The van der Waals surface area contributed by atoms with Crippen molar-refractivity contribution >= 4 is 17.4 Å². The van der Waals surface area contributed by atoms with Crippen molar-refractivity contribution in [1.82, 2.24) is 0 Å². The number of halogens is 2. The van der Waals surface area contributed by atoms with E-state index in [1.54, 1.807) is 12.1 Å². The summed E-state index contributed by atoms with van der Waals surface area (Å²) < 4.78 is 31.6. The van der Waals surface area contributed by atoms with Gasteiger partial charge in [0.15, 0.2) is 0 Å². The molecular formula is C15H15F2NOS. The molecule has 20 heavy (non-hydrogen) atoms. The van der Waals surface area contributed by atoms with Gasteiger partial charge in [0.2, 0.25) is 0 Å². The Hall–Kier alpha value is -1.75. The second-order valence-electron chi connectivity index (χ2n) is 4.20. The highest BCUT2D eigenvalue weighted by molar-refractivity contribution is 7.98. The van der Waals surface area contributed by atoms with Gasteiger partial charge in [-0.3, -0.25) is 0 Å². The molecule has 2 nitrogen and oxygen atoms in total. The second-order valence-corrected chi connectivity index (χ2v) is 5.22. The predicted octanol–water partition coefficient (Wildman–Crippen LogP) is 4.24. The largest absolute Gasteiger partial charge is 0.494 e. The first-order chi connectivity index (χ1) is 9.58. The Balaban J connectivity index is 2.11. The summed E-state index contributed by atoms with van der Waals surface area (Å²) >= 11 is 1.42. The summed E-state index contributed by atoms with van der Waals surface area (Å²) in [5.41, 5.74) is 7.08. The van der Waals surface area contributed by atoms with Crippen LogP contribution in [0.1, 0.15) is 12.5 Å². The van der Waals surface area contributed by atoms with Crippen LogP contribution in [0.25, 0.3) is 0 Å². The third-order valence-corrected chi connectivity index (χ3v) is 3.75. The average Bonchev–Trinajstić information content (AvgIpc) is 2.38. The van der Waals surface area contributed by atoms with Crippen LogP contribution in [0.5, 0.6) is 5.75 Å². The van der Waals surface area contributed by atoms with E-state index in [2.05, 4.69) is 0 Å². The van der Waals surface area contributed by atoms with Crippen LogP contribution >= 0.6 is 11.8 Å². The van der Waals surface area contributed by atoms with E-state index in [9.17, 15) is 8.78 Å². The molecule has 0 aliphatic carbocycles. The van der Waals surface area contributed by atoms with Crippen molar-refractivity contribution < 1.29 is 13.5 Å². The van der Waals surface area contributed by atoms with Crippen LogP contribution in [0.3, 0.4) is 0 Å². The first-order valence-electron chi connectivity index (χ1n) is 6.18. The van der Waals surface area contributed by atoms with Crippen molar-refractivity contribution in [2.24, 2.45) is 0 Å². The van der Waals surface area contributed by atoms with Crippen LogP contribution in [-0.4, -0.2) is 6.61 Å². The topological polar surface area (TPSA) is 35.2 Å². The van der Waals surface area contributed by atoms with Gasteiger partial charge in [-0.15, -0.1) is 11.8 Å². The maximum absolute atomic E-state index is 13.1. The number of nitrogen functional groups attached to an aromatic ring is 1. The number of thioether (sulfide) groups is 1. The maximum Gasteiger partial charge on any atom is 0.126 e. The summed E-state index contributed by atoms with van der Waals surface area (Å²) in [5, 5.41) is 0. The Morgan fingerprint density at radius 3 is 2.45 bits per heavy atom. The molecule has 0 aromatic heterocycles. The van der Waals surface area contributed by atoms with E-state index in [0.29, 0.717) is 23.6 Å². The van der Waals surface area contributed by atoms with Gasteiger partial charge in [0, 0.05) is 22.4 Å². The normalized spacial score (nSPS) is 10.6. The number of anilines is 1. The van der Waals surface area contributed by atoms with Gasteiger partial charge in [-0.05, 0) is 42.8 Å². The minimum atomic E-state index is -0.573. The lowest BCUT2D eigenvalue weighted by Crippen LogP contribution is -1.94. The van der Waals surface area contributed by atoms with Gasteiger partial charge in [-0.2, -0.15) is 0 Å². The van der Waals surface area contributed by atoms with E-state index in [1.165, 1.54) is 23.9 Å². The molecule has 2 aromatic rings. The highest BCUT2D eigenvalue weighted by Gasteiger charge is 2.05. The standard InChI is InChI=1S/C15H15F2NOS/c1-2-19-13-3-4-14(18)15(8-13)20-9-10-5-11(16)7-12(17)6-10/h3-8H,2,9,18H2,1H3. The molecule has 0 saturated carbocycles. The number of benzene rings is 2. The molecule has 5 heteroatoms. The molecule has 0 heterocycles. The summed E-state index contributed by atoms with van der Waals surface area (Å²) in [7, 11) is 0. The van der Waals surface area contributed by atoms with Gasteiger partial charge in [0.1, 0.15) is 17.4 Å². The van der Waals surface area contributed by atoms with Gasteiger partial charge in [0.05, 0.1) is 6.61 Å². The van der Waals surface area contributed by atoms with Crippen LogP contribution in [0.4, 0.5) is 14.5 Å². The van der Waals surface area contributed by atoms with Gasteiger partial charge >= 0.3 is 0 Å². The minimum absolute atomic E-state index is 0.439. The van der Waals surface area contributed by atoms with Gasteiger partial charge in [0.25, 0.3) is 0 Å². The quantitative estimate of drug-likeness (QED) is 0.662. The minimum Gasteiger partial charge on any atom is -0.494 e. The summed E-state index contributed by atoms with van der Waals surface area (Å²) in [5.74, 6) is 0.0250. The molecule has 2 rings (SSSR count). The Labute approximate surface area is 120 Å². The van der Waals surface area contributed by atoms with Crippen LogP contribution in [0, 0.1) is 11.6 Å². The predicted molar refractivity (Wildman–Crippen MR) is 77.9 cm³/mol. The molecular weight excluding hydrogens is 280 g/mol. The lowest BCUT2D eigenvalue weighted by molar-refractivity contribution is 0.339. The maximum atomic E-state index is 13.1. The molecule has 0 radical (unpaired) electrons. The third kappa shape index (κ3) is 3.87. The van der Waals surface area contributed by atoms with E-state index in [1.807, 2.05) is 13.0 Å². The summed E-state index contributed by atoms with van der Waals surface area (Å²) in [6.07, 6.45) is 0.